The van der Waals surface area contributed by atoms with E-state index in [1.807, 2.05) is 6.92 Å². The lowest BCUT2D eigenvalue weighted by Crippen LogP contribution is -2.14. The minimum absolute atomic E-state index is 0.0356. The standard InChI is InChI=1S/C20H14N2O4S/c1-13-2-4-14(5-3-13)18-10-17(22-12-21)11-19(27(18,25)26)15-6-8-16(9-7-15)20(23)24/h2-11H,1H3,(H,23,24)/b22-17+. The largest absolute Gasteiger partial charge is 0.478 e. The first-order valence-corrected chi connectivity index (χ1v) is 9.37. The third-order valence-electron chi connectivity index (χ3n) is 4.07. The SMILES string of the molecule is Cc1ccc(C2=C/C(=N\C#N)C=C(c3ccc(C(=O)O)cc3)S2(=O)=O)cc1. The molecule has 134 valence electrons. The van der Waals surface area contributed by atoms with Crippen molar-refractivity contribution >= 4 is 31.3 Å². The number of aryl methyl sites for hydroxylation is 1. The molecule has 6 nitrogen and oxygen atoms in total. The zero-order chi connectivity index (χ0) is 19.6. The Labute approximate surface area is 156 Å². The van der Waals surface area contributed by atoms with E-state index < -0.39 is 15.8 Å². The normalized spacial score (nSPS) is 17.0. The van der Waals surface area contributed by atoms with Gasteiger partial charge in [0, 0.05) is 0 Å². The average molecular weight is 378 g/mol. The van der Waals surface area contributed by atoms with Crippen LogP contribution in [0.3, 0.4) is 0 Å². The number of rotatable bonds is 3. The molecular weight excluding hydrogens is 364 g/mol. The highest BCUT2D eigenvalue weighted by Gasteiger charge is 2.30. The van der Waals surface area contributed by atoms with Gasteiger partial charge in [-0.05, 0) is 42.3 Å². The highest BCUT2D eigenvalue weighted by atomic mass is 32.2. The van der Waals surface area contributed by atoms with E-state index in [0.29, 0.717) is 11.1 Å². The van der Waals surface area contributed by atoms with E-state index in [2.05, 4.69) is 4.99 Å². The summed E-state index contributed by atoms with van der Waals surface area (Å²) in [5.41, 5.74) is 2.05. The highest BCUT2D eigenvalue weighted by Crippen LogP contribution is 2.36. The van der Waals surface area contributed by atoms with Crippen molar-refractivity contribution in [1.29, 1.82) is 5.26 Å². The molecule has 0 saturated carbocycles. The molecule has 1 aliphatic rings. The zero-order valence-electron chi connectivity index (χ0n) is 14.2. The Morgan fingerprint density at radius 3 is 1.89 bits per heavy atom. The quantitative estimate of drug-likeness (QED) is 0.823. The van der Waals surface area contributed by atoms with Gasteiger partial charge in [0.15, 0.2) is 0 Å². The van der Waals surface area contributed by atoms with E-state index >= 15 is 0 Å². The Bertz CT molecular complexity index is 1150. The van der Waals surface area contributed by atoms with Crippen molar-refractivity contribution in [2.45, 2.75) is 6.92 Å². The van der Waals surface area contributed by atoms with Crippen LogP contribution in [0.4, 0.5) is 0 Å². The summed E-state index contributed by atoms with van der Waals surface area (Å²) in [5.74, 6) is -1.10. The monoisotopic (exact) mass is 378 g/mol. The Kier molecular flexibility index (Phi) is 4.75. The number of aliphatic imine (C=N–C) groups is 1. The number of carbonyl (C=O) groups is 1. The summed E-state index contributed by atoms with van der Waals surface area (Å²) in [4.78, 5) is 14.7. The van der Waals surface area contributed by atoms with Crippen molar-refractivity contribution in [3.8, 4) is 6.19 Å². The molecule has 0 amide bonds. The first kappa shape index (κ1) is 18.3. The second-order valence-electron chi connectivity index (χ2n) is 5.91. The number of hydrogen-bond donors (Lipinski definition) is 1. The maximum atomic E-state index is 13.2. The molecule has 7 heteroatoms. The lowest BCUT2D eigenvalue weighted by molar-refractivity contribution is 0.0697. The number of sulfone groups is 1. The first-order chi connectivity index (χ1) is 12.8. The number of nitrogens with zero attached hydrogens (tertiary/aromatic N) is 2. The fraction of sp³-hybridized carbons (Fsp3) is 0.0500. The fourth-order valence-electron chi connectivity index (χ4n) is 2.68. The van der Waals surface area contributed by atoms with Crippen LogP contribution in [-0.4, -0.2) is 25.2 Å². The number of hydrogen-bond acceptors (Lipinski definition) is 5. The summed E-state index contributed by atoms with van der Waals surface area (Å²) in [5, 5.41) is 17.9. The predicted molar refractivity (Wildman–Crippen MR) is 103 cm³/mol. The van der Waals surface area contributed by atoms with E-state index in [4.69, 9.17) is 10.4 Å². The number of carboxylic acid groups (broad SMARTS) is 1. The van der Waals surface area contributed by atoms with Gasteiger partial charge in [-0.3, -0.25) is 0 Å². The summed E-state index contributed by atoms with van der Waals surface area (Å²) in [6, 6.07) is 12.5. The van der Waals surface area contributed by atoms with Gasteiger partial charge in [0.2, 0.25) is 16.0 Å². The smallest absolute Gasteiger partial charge is 0.335 e. The van der Waals surface area contributed by atoms with E-state index in [1.165, 1.54) is 36.4 Å². The van der Waals surface area contributed by atoms with Gasteiger partial charge in [-0.25, -0.2) is 13.2 Å². The fourth-order valence-corrected chi connectivity index (χ4v) is 4.36. The lowest BCUT2D eigenvalue weighted by Gasteiger charge is -2.17. The molecule has 0 fully saturated rings. The van der Waals surface area contributed by atoms with Crippen molar-refractivity contribution < 1.29 is 18.3 Å². The van der Waals surface area contributed by atoms with Crippen molar-refractivity contribution in [3.05, 3.63) is 82.9 Å². The van der Waals surface area contributed by atoms with Gasteiger partial charge in [0.1, 0.15) is 0 Å². The summed E-state index contributed by atoms with van der Waals surface area (Å²) in [6.07, 6.45) is 4.34. The van der Waals surface area contributed by atoms with Crippen LogP contribution in [0.25, 0.3) is 9.81 Å². The molecule has 0 atom stereocenters. The second kappa shape index (κ2) is 7.02. The van der Waals surface area contributed by atoms with Gasteiger partial charge in [-0.2, -0.15) is 10.3 Å². The van der Waals surface area contributed by atoms with E-state index in [1.54, 1.807) is 30.5 Å². The number of nitriles is 1. The van der Waals surface area contributed by atoms with Gasteiger partial charge >= 0.3 is 5.97 Å². The minimum atomic E-state index is -3.88. The Morgan fingerprint density at radius 1 is 0.963 bits per heavy atom. The molecule has 0 aliphatic carbocycles. The molecule has 27 heavy (non-hydrogen) atoms. The number of benzene rings is 2. The summed E-state index contributed by atoms with van der Waals surface area (Å²) in [6.45, 7) is 1.89. The molecule has 1 heterocycles. The van der Waals surface area contributed by atoms with E-state index in [9.17, 15) is 13.2 Å². The minimum Gasteiger partial charge on any atom is -0.478 e. The third kappa shape index (κ3) is 3.57. The topological polar surface area (TPSA) is 108 Å². The second-order valence-corrected chi connectivity index (χ2v) is 7.79. The van der Waals surface area contributed by atoms with Gasteiger partial charge in [-0.15, -0.1) is 0 Å². The van der Waals surface area contributed by atoms with Crippen LogP contribution in [0.15, 0.2) is 65.7 Å². The Morgan fingerprint density at radius 2 is 1.44 bits per heavy atom. The van der Waals surface area contributed by atoms with Crippen LogP contribution in [0.1, 0.15) is 27.0 Å². The van der Waals surface area contributed by atoms with Gasteiger partial charge in [0.25, 0.3) is 0 Å². The summed E-state index contributed by atoms with van der Waals surface area (Å²) in [7, 11) is -3.88. The molecule has 0 spiro atoms. The summed E-state index contributed by atoms with van der Waals surface area (Å²) < 4.78 is 26.4. The molecule has 2 aromatic rings. The molecule has 1 aliphatic heterocycles. The van der Waals surface area contributed by atoms with Crippen LogP contribution < -0.4 is 0 Å². The zero-order valence-corrected chi connectivity index (χ0v) is 15.1. The Balaban J connectivity index is 2.16. The van der Waals surface area contributed by atoms with Crippen molar-refractivity contribution in [2.75, 3.05) is 0 Å². The van der Waals surface area contributed by atoms with Gasteiger partial charge in [0.05, 0.1) is 21.1 Å². The number of aromatic carboxylic acids is 1. The van der Waals surface area contributed by atoms with Crippen LogP contribution >= 0.6 is 0 Å². The molecule has 2 aromatic carbocycles. The number of allylic oxidation sites excluding steroid dienone is 2. The maximum Gasteiger partial charge on any atom is 0.335 e. The Hall–Kier alpha value is -3.50. The van der Waals surface area contributed by atoms with Crippen LogP contribution in [-0.2, 0) is 9.84 Å². The molecule has 1 N–H and O–H groups in total. The van der Waals surface area contributed by atoms with E-state index in [-0.39, 0.29) is 21.1 Å². The maximum absolute atomic E-state index is 13.2. The molecule has 0 radical (unpaired) electrons. The van der Waals surface area contributed by atoms with Gasteiger partial charge in [-0.1, -0.05) is 42.0 Å². The van der Waals surface area contributed by atoms with Gasteiger partial charge < -0.3 is 5.11 Å². The van der Waals surface area contributed by atoms with Crippen LogP contribution in [0.5, 0.6) is 0 Å². The highest BCUT2D eigenvalue weighted by molar-refractivity contribution is 8.09. The average Bonchev–Trinajstić information content (AvgIpc) is 2.64. The van der Waals surface area contributed by atoms with Crippen molar-refractivity contribution in [3.63, 3.8) is 0 Å². The van der Waals surface area contributed by atoms with Crippen molar-refractivity contribution in [1.82, 2.24) is 0 Å². The molecule has 0 bridgehead atoms. The predicted octanol–water partition coefficient (Wildman–Crippen LogP) is 3.43. The molecule has 0 aromatic heterocycles. The molecular formula is C20H14N2O4S. The van der Waals surface area contributed by atoms with Crippen LogP contribution in [0, 0.1) is 18.4 Å². The summed E-state index contributed by atoms with van der Waals surface area (Å²) >= 11 is 0. The number of carboxylic acids is 1. The van der Waals surface area contributed by atoms with Crippen molar-refractivity contribution in [2.24, 2.45) is 4.99 Å². The first-order valence-electron chi connectivity index (χ1n) is 7.89. The third-order valence-corrected chi connectivity index (χ3v) is 5.93. The molecule has 0 unspecified atom stereocenters. The van der Waals surface area contributed by atoms with E-state index in [0.717, 1.165) is 5.56 Å². The lowest BCUT2D eigenvalue weighted by atomic mass is 10.1. The van der Waals surface area contributed by atoms with Crippen LogP contribution in [0.2, 0.25) is 0 Å². The molecule has 0 saturated heterocycles. The molecule has 3 rings (SSSR count).